The minimum absolute atomic E-state index is 0.0172. The van der Waals surface area contributed by atoms with E-state index in [1.54, 1.807) is 6.07 Å². The number of halogens is 5. The van der Waals surface area contributed by atoms with E-state index in [0.29, 0.717) is 11.3 Å². The number of aliphatic carboxylic acids is 1. The Morgan fingerprint density at radius 2 is 1.90 bits per heavy atom. The molecule has 3 heterocycles. The molecule has 1 aliphatic carbocycles. The topological polar surface area (TPSA) is 108 Å². The third-order valence-electron chi connectivity index (χ3n) is 7.24. The molecular formula is C27H20F5N5O3. The number of carboxylic acid groups (broad SMARTS) is 1. The summed E-state index contributed by atoms with van der Waals surface area (Å²) in [5.74, 6) is -3.71. The maximum Gasteiger partial charge on any atom is 0.417 e. The number of alkyl halides is 3. The van der Waals surface area contributed by atoms with Gasteiger partial charge < -0.3 is 14.6 Å². The summed E-state index contributed by atoms with van der Waals surface area (Å²) in [6.07, 6.45) is -1.76. The largest absolute Gasteiger partial charge is 0.479 e. The number of hydrogen-bond acceptors (Lipinski definition) is 6. The molecule has 1 unspecified atom stereocenters. The Labute approximate surface area is 223 Å². The van der Waals surface area contributed by atoms with Gasteiger partial charge in [0.05, 0.1) is 29.6 Å². The van der Waals surface area contributed by atoms with Crippen molar-refractivity contribution in [3.63, 3.8) is 0 Å². The number of fused-ring (bicyclic) bond motifs is 1. The predicted octanol–water partition coefficient (Wildman–Crippen LogP) is 6.06. The predicted molar refractivity (Wildman–Crippen MR) is 131 cm³/mol. The van der Waals surface area contributed by atoms with Gasteiger partial charge in [-0.15, -0.1) is 0 Å². The number of aromatic amines is 1. The second kappa shape index (κ2) is 9.00. The quantitative estimate of drug-likeness (QED) is 0.279. The monoisotopic (exact) mass is 557 g/mol. The lowest BCUT2D eigenvalue weighted by molar-refractivity contribution is -0.153. The van der Waals surface area contributed by atoms with E-state index < -0.39 is 34.9 Å². The maximum atomic E-state index is 14.3. The normalized spacial score (nSPS) is 16.6. The minimum Gasteiger partial charge on any atom is -0.479 e. The van der Waals surface area contributed by atoms with Gasteiger partial charge in [-0.25, -0.2) is 18.6 Å². The molecule has 0 saturated heterocycles. The summed E-state index contributed by atoms with van der Waals surface area (Å²) in [5.41, 5.74) is -2.19. The number of aromatic nitrogens is 3. The molecule has 206 valence electrons. The van der Waals surface area contributed by atoms with Gasteiger partial charge in [0.25, 0.3) is 0 Å². The Morgan fingerprint density at radius 1 is 1.12 bits per heavy atom. The summed E-state index contributed by atoms with van der Waals surface area (Å²) in [6.45, 7) is 1.10. The molecule has 4 aromatic rings. The molecule has 40 heavy (non-hydrogen) atoms. The third-order valence-corrected chi connectivity index (χ3v) is 7.24. The molecule has 0 bridgehead atoms. The zero-order valence-corrected chi connectivity index (χ0v) is 20.8. The van der Waals surface area contributed by atoms with Crippen LogP contribution < -0.4 is 0 Å². The number of H-pyrrole nitrogens is 1. The van der Waals surface area contributed by atoms with Crippen LogP contribution in [0.2, 0.25) is 0 Å². The lowest BCUT2D eigenvalue weighted by Gasteiger charge is -2.34. The molecule has 2 aromatic heterocycles. The van der Waals surface area contributed by atoms with Crippen LogP contribution in [-0.2, 0) is 23.1 Å². The van der Waals surface area contributed by atoms with Crippen LogP contribution in [0.3, 0.4) is 0 Å². The first kappa shape index (κ1) is 25.7. The van der Waals surface area contributed by atoms with Crippen molar-refractivity contribution in [2.75, 3.05) is 0 Å². The Morgan fingerprint density at radius 3 is 2.60 bits per heavy atom. The highest BCUT2D eigenvalue weighted by Gasteiger charge is 2.47. The fourth-order valence-electron chi connectivity index (χ4n) is 4.72. The first-order chi connectivity index (χ1) is 19.0. The molecule has 1 atom stereocenters. The van der Waals surface area contributed by atoms with Crippen LogP contribution in [0.15, 0.2) is 52.1 Å². The SMILES string of the molecule is CC(C(=O)O)(c1cc(-c2ccc(C3CC3)cc2C(F)(F)F)no1)N1Cc2[nH]c(-c3cccc(F)c3F)nc2C=N1. The van der Waals surface area contributed by atoms with Crippen molar-refractivity contribution in [2.24, 2.45) is 5.10 Å². The maximum absolute atomic E-state index is 14.3. The summed E-state index contributed by atoms with van der Waals surface area (Å²) in [5, 5.41) is 19.3. The van der Waals surface area contributed by atoms with Crippen LogP contribution in [0.5, 0.6) is 0 Å². The van der Waals surface area contributed by atoms with E-state index in [1.165, 1.54) is 31.3 Å². The summed E-state index contributed by atoms with van der Waals surface area (Å²) < 4.78 is 75.2. The van der Waals surface area contributed by atoms with Crippen LogP contribution >= 0.6 is 0 Å². The molecule has 2 N–H and O–H groups in total. The van der Waals surface area contributed by atoms with Crippen molar-refractivity contribution in [1.82, 2.24) is 20.1 Å². The van der Waals surface area contributed by atoms with Gasteiger partial charge in [-0.05, 0) is 49.4 Å². The minimum atomic E-state index is -4.66. The van der Waals surface area contributed by atoms with Gasteiger partial charge in [-0.3, -0.25) is 5.01 Å². The standard InChI is InChI=1S/C27H20F5N5O3/c1-26(25(38)39,37-12-21-20(11-33-37)34-24(35-21)16-3-2-4-18(28)23(16)29)22-10-19(36-40-22)15-8-7-14(13-5-6-13)9-17(15)27(30,31)32/h2-4,7-11,13H,5-6,12H2,1H3,(H,34,35)(H,38,39). The first-order valence-electron chi connectivity index (χ1n) is 12.2. The molecule has 1 saturated carbocycles. The molecule has 6 rings (SSSR count). The molecule has 8 nitrogen and oxygen atoms in total. The smallest absolute Gasteiger partial charge is 0.417 e. The zero-order chi connectivity index (χ0) is 28.4. The summed E-state index contributed by atoms with van der Waals surface area (Å²) in [7, 11) is 0. The second-order valence-electron chi connectivity index (χ2n) is 9.88. The molecular weight excluding hydrogens is 537 g/mol. The average Bonchev–Trinajstić information content (AvgIpc) is 3.49. The zero-order valence-electron chi connectivity index (χ0n) is 20.8. The number of carboxylic acids is 1. The highest BCUT2D eigenvalue weighted by molar-refractivity contribution is 5.83. The molecule has 1 aliphatic heterocycles. The van der Waals surface area contributed by atoms with Gasteiger partial charge in [-0.2, -0.15) is 18.3 Å². The van der Waals surface area contributed by atoms with Crippen molar-refractivity contribution in [3.8, 4) is 22.6 Å². The van der Waals surface area contributed by atoms with E-state index in [1.807, 2.05) is 0 Å². The van der Waals surface area contributed by atoms with Crippen LogP contribution in [0.4, 0.5) is 22.0 Å². The van der Waals surface area contributed by atoms with Crippen LogP contribution in [0.1, 0.15) is 54.0 Å². The van der Waals surface area contributed by atoms with E-state index in [2.05, 4.69) is 20.2 Å². The molecule has 0 spiro atoms. The Balaban J connectivity index is 1.34. The van der Waals surface area contributed by atoms with Crippen LogP contribution in [0.25, 0.3) is 22.6 Å². The van der Waals surface area contributed by atoms with Crippen molar-refractivity contribution in [3.05, 3.63) is 82.4 Å². The van der Waals surface area contributed by atoms with Gasteiger partial charge >= 0.3 is 12.1 Å². The molecule has 0 amide bonds. The van der Waals surface area contributed by atoms with Crippen molar-refractivity contribution in [1.29, 1.82) is 0 Å². The van der Waals surface area contributed by atoms with E-state index in [0.717, 1.165) is 36.0 Å². The Bertz CT molecular complexity index is 1670. The Kier molecular flexibility index (Phi) is 5.78. The number of hydrogen-bond donors (Lipinski definition) is 2. The summed E-state index contributed by atoms with van der Waals surface area (Å²) >= 11 is 0. The fraction of sp³-hybridized carbons (Fsp3) is 0.259. The van der Waals surface area contributed by atoms with Crippen molar-refractivity contribution < 1.29 is 36.4 Å². The number of imidazole rings is 1. The first-order valence-corrected chi connectivity index (χ1v) is 12.2. The molecule has 0 radical (unpaired) electrons. The van der Waals surface area contributed by atoms with E-state index >= 15 is 0 Å². The van der Waals surface area contributed by atoms with Crippen LogP contribution in [0, 0.1) is 11.6 Å². The van der Waals surface area contributed by atoms with Crippen molar-refractivity contribution in [2.45, 2.75) is 43.9 Å². The van der Waals surface area contributed by atoms with Gasteiger partial charge in [0.2, 0.25) is 5.54 Å². The Hall–Kier alpha value is -4.55. The van der Waals surface area contributed by atoms with Crippen LogP contribution in [-0.4, -0.2) is 37.4 Å². The number of hydrazone groups is 1. The highest BCUT2D eigenvalue weighted by atomic mass is 19.4. The number of carbonyl (C=O) groups is 1. The van der Waals surface area contributed by atoms with Gasteiger partial charge in [0, 0.05) is 11.6 Å². The van der Waals surface area contributed by atoms with E-state index in [4.69, 9.17) is 4.52 Å². The van der Waals surface area contributed by atoms with Crippen molar-refractivity contribution >= 4 is 12.2 Å². The molecule has 13 heteroatoms. The summed E-state index contributed by atoms with van der Waals surface area (Å²) in [4.78, 5) is 19.6. The van der Waals surface area contributed by atoms with E-state index in [-0.39, 0.29) is 46.6 Å². The van der Waals surface area contributed by atoms with E-state index in [9.17, 15) is 31.9 Å². The fourth-order valence-corrected chi connectivity index (χ4v) is 4.72. The number of rotatable bonds is 6. The molecule has 2 aliphatic rings. The number of nitrogens with one attached hydrogen (secondary N) is 1. The number of nitrogens with zero attached hydrogens (tertiary/aromatic N) is 4. The van der Waals surface area contributed by atoms with Gasteiger partial charge in [-0.1, -0.05) is 23.4 Å². The van der Waals surface area contributed by atoms with Gasteiger partial charge in [0.15, 0.2) is 17.4 Å². The average molecular weight is 557 g/mol. The second-order valence-corrected chi connectivity index (χ2v) is 9.88. The molecule has 2 aromatic carbocycles. The molecule has 1 fully saturated rings. The third kappa shape index (κ3) is 4.21. The highest BCUT2D eigenvalue weighted by Crippen LogP contribution is 2.45. The van der Waals surface area contributed by atoms with Gasteiger partial charge in [0.1, 0.15) is 17.2 Å². The lowest BCUT2D eigenvalue weighted by atomic mass is 9.94. The summed E-state index contributed by atoms with van der Waals surface area (Å²) in [6, 6.07) is 8.81. The lowest BCUT2D eigenvalue weighted by Crippen LogP contribution is -2.47. The number of benzene rings is 2.